The summed E-state index contributed by atoms with van der Waals surface area (Å²) in [6.07, 6.45) is 5.45. The molecule has 1 saturated heterocycles. The summed E-state index contributed by atoms with van der Waals surface area (Å²) in [4.78, 5) is 17.0. The minimum atomic E-state index is 0.238. The molecule has 0 spiro atoms. The predicted molar refractivity (Wildman–Crippen MR) is 111 cm³/mol. The van der Waals surface area contributed by atoms with Crippen LogP contribution in [0.1, 0.15) is 36.8 Å². The highest BCUT2D eigenvalue weighted by atomic mass is 16.2. The normalized spacial score (nSPS) is 16.7. The van der Waals surface area contributed by atoms with Crippen molar-refractivity contribution in [3.63, 3.8) is 0 Å². The van der Waals surface area contributed by atoms with Crippen molar-refractivity contribution in [2.45, 2.75) is 38.6 Å². The Balaban J connectivity index is 1.24. The monoisotopic (exact) mass is 363 g/mol. The summed E-state index contributed by atoms with van der Waals surface area (Å²) < 4.78 is 0. The van der Waals surface area contributed by atoms with Crippen LogP contribution in [0.15, 0.2) is 48.5 Å². The van der Waals surface area contributed by atoms with Crippen LogP contribution >= 0.6 is 0 Å². The predicted octanol–water partition coefficient (Wildman–Crippen LogP) is 4.06. The highest BCUT2D eigenvalue weighted by Gasteiger charge is 2.19. The third-order valence-corrected chi connectivity index (χ3v) is 5.74. The number of hydrogen-bond donors (Lipinski definition) is 1. The fourth-order valence-electron chi connectivity index (χ4n) is 4.12. The average Bonchev–Trinajstić information content (AvgIpc) is 2.74. The number of carbonyl (C=O) groups is 1. The van der Waals surface area contributed by atoms with Gasteiger partial charge in [-0.05, 0) is 61.1 Å². The first-order chi connectivity index (χ1) is 13.3. The van der Waals surface area contributed by atoms with Crippen molar-refractivity contribution < 1.29 is 4.79 Å². The van der Waals surface area contributed by atoms with E-state index in [9.17, 15) is 4.79 Å². The lowest BCUT2D eigenvalue weighted by molar-refractivity contribution is -0.131. The number of benzene rings is 2. The lowest BCUT2D eigenvalue weighted by Gasteiger charge is -2.29. The number of nitrogens with zero attached hydrogens (tertiary/aromatic N) is 2. The van der Waals surface area contributed by atoms with Gasteiger partial charge >= 0.3 is 0 Å². The van der Waals surface area contributed by atoms with E-state index in [4.69, 9.17) is 0 Å². The minimum Gasteiger partial charge on any atom is -0.385 e. The largest absolute Gasteiger partial charge is 0.385 e. The molecule has 2 aromatic carbocycles. The van der Waals surface area contributed by atoms with Crippen LogP contribution in [0.2, 0.25) is 0 Å². The van der Waals surface area contributed by atoms with Crippen LogP contribution in [0.5, 0.6) is 0 Å². The Morgan fingerprint density at radius 3 is 2.41 bits per heavy atom. The first-order valence-electron chi connectivity index (χ1n) is 10.2. The van der Waals surface area contributed by atoms with E-state index in [1.54, 1.807) is 0 Å². The van der Waals surface area contributed by atoms with Gasteiger partial charge in [0, 0.05) is 50.5 Å². The smallest absolute Gasteiger partial charge is 0.224 e. The van der Waals surface area contributed by atoms with Crippen LogP contribution in [-0.4, -0.2) is 37.0 Å². The van der Waals surface area contributed by atoms with E-state index < -0.39 is 0 Å². The van der Waals surface area contributed by atoms with E-state index in [1.165, 1.54) is 49.2 Å². The zero-order valence-corrected chi connectivity index (χ0v) is 16.0. The Bertz CT molecular complexity index is 765. The van der Waals surface area contributed by atoms with Gasteiger partial charge < -0.3 is 15.1 Å². The van der Waals surface area contributed by atoms with Crippen LogP contribution in [0.3, 0.4) is 0 Å². The Hall–Kier alpha value is -2.49. The molecule has 0 aliphatic carbocycles. The van der Waals surface area contributed by atoms with Crippen LogP contribution in [0.25, 0.3) is 0 Å². The fraction of sp³-hybridized carbons (Fsp3) is 0.435. The molecule has 0 bridgehead atoms. The molecular weight excluding hydrogens is 334 g/mol. The van der Waals surface area contributed by atoms with E-state index in [0.717, 1.165) is 25.2 Å². The van der Waals surface area contributed by atoms with Gasteiger partial charge in [-0.2, -0.15) is 0 Å². The number of fused-ring (bicyclic) bond motifs is 1. The Morgan fingerprint density at radius 2 is 1.63 bits per heavy atom. The van der Waals surface area contributed by atoms with Gasteiger partial charge in [-0.3, -0.25) is 4.79 Å². The first-order valence-corrected chi connectivity index (χ1v) is 10.2. The highest BCUT2D eigenvalue weighted by molar-refractivity contribution is 5.77. The van der Waals surface area contributed by atoms with Crippen molar-refractivity contribution in [1.82, 2.24) is 4.90 Å². The third kappa shape index (κ3) is 4.44. The van der Waals surface area contributed by atoms with Crippen LogP contribution in [-0.2, 0) is 17.8 Å². The molecule has 1 fully saturated rings. The molecular formula is C23H29N3O. The highest BCUT2D eigenvalue weighted by Crippen LogP contribution is 2.22. The van der Waals surface area contributed by atoms with Gasteiger partial charge in [0.2, 0.25) is 5.91 Å². The maximum absolute atomic E-state index is 12.5. The number of nitrogens with one attached hydrogen (secondary N) is 1. The van der Waals surface area contributed by atoms with E-state index in [1.807, 2.05) is 4.90 Å². The zero-order valence-electron chi connectivity index (χ0n) is 16.0. The first kappa shape index (κ1) is 17.9. The van der Waals surface area contributed by atoms with Gasteiger partial charge in [0.1, 0.15) is 0 Å². The second kappa shape index (κ2) is 8.47. The molecule has 4 heteroatoms. The second-order valence-electron chi connectivity index (χ2n) is 7.61. The van der Waals surface area contributed by atoms with E-state index in [2.05, 4.69) is 58.7 Å². The van der Waals surface area contributed by atoms with Crippen LogP contribution in [0, 0.1) is 0 Å². The molecule has 0 aromatic heterocycles. The number of amides is 1. The van der Waals surface area contributed by atoms with Crippen LogP contribution in [0.4, 0.5) is 11.4 Å². The molecule has 0 radical (unpaired) electrons. The summed E-state index contributed by atoms with van der Waals surface area (Å²) in [6, 6.07) is 17.1. The van der Waals surface area contributed by atoms with E-state index >= 15 is 0 Å². The Labute approximate surface area is 162 Å². The molecule has 142 valence electrons. The van der Waals surface area contributed by atoms with Gasteiger partial charge in [-0.15, -0.1) is 0 Å². The average molecular weight is 364 g/mol. The molecule has 4 nitrogen and oxygen atoms in total. The third-order valence-electron chi connectivity index (χ3n) is 5.74. The maximum Gasteiger partial charge on any atom is 0.224 e. The van der Waals surface area contributed by atoms with Gasteiger partial charge in [0.25, 0.3) is 0 Å². The van der Waals surface area contributed by atoms with Crippen molar-refractivity contribution in [3.05, 3.63) is 59.7 Å². The molecule has 2 aliphatic heterocycles. The molecule has 0 saturated carbocycles. The quantitative estimate of drug-likeness (QED) is 0.870. The topological polar surface area (TPSA) is 35.6 Å². The fourth-order valence-corrected chi connectivity index (χ4v) is 4.12. The number of carbonyl (C=O) groups excluding carboxylic acids is 1. The van der Waals surface area contributed by atoms with Crippen molar-refractivity contribution >= 4 is 17.3 Å². The summed E-state index contributed by atoms with van der Waals surface area (Å²) >= 11 is 0. The molecule has 4 rings (SSSR count). The summed E-state index contributed by atoms with van der Waals surface area (Å²) in [5, 5.41) is 3.40. The SMILES string of the molecule is O=C(CCNc1ccc(N2CCCCC2)cc1)N1CCc2ccccc2C1. The van der Waals surface area contributed by atoms with Gasteiger partial charge in [-0.25, -0.2) is 0 Å². The molecule has 2 aromatic rings. The Kier molecular flexibility index (Phi) is 5.61. The van der Waals surface area contributed by atoms with Gasteiger partial charge in [0.05, 0.1) is 0 Å². The van der Waals surface area contributed by atoms with E-state index in [0.29, 0.717) is 13.0 Å². The number of piperidine rings is 1. The van der Waals surface area contributed by atoms with Crippen LogP contribution < -0.4 is 10.2 Å². The maximum atomic E-state index is 12.5. The lowest BCUT2D eigenvalue weighted by atomic mass is 10.00. The summed E-state index contributed by atoms with van der Waals surface area (Å²) in [6.45, 7) is 4.60. The van der Waals surface area contributed by atoms with Crippen molar-refractivity contribution in [1.29, 1.82) is 0 Å². The van der Waals surface area contributed by atoms with Crippen molar-refractivity contribution in [3.8, 4) is 0 Å². The molecule has 2 aliphatic rings. The zero-order chi connectivity index (χ0) is 18.5. The van der Waals surface area contributed by atoms with Crippen molar-refractivity contribution in [2.75, 3.05) is 36.4 Å². The van der Waals surface area contributed by atoms with E-state index in [-0.39, 0.29) is 5.91 Å². The molecule has 27 heavy (non-hydrogen) atoms. The second-order valence-corrected chi connectivity index (χ2v) is 7.61. The molecule has 2 heterocycles. The standard InChI is InChI=1S/C23H29N3O/c27-23(26-17-13-19-6-2-3-7-20(19)18-26)12-14-24-21-8-10-22(11-9-21)25-15-4-1-5-16-25/h2-3,6-11,24H,1,4-5,12-18H2. The Morgan fingerprint density at radius 1 is 0.889 bits per heavy atom. The molecule has 1 amide bonds. The minimum absolute atomic E-state index is 0.238. The number of anilines is 2. The van der Waals surface area contributed by atoms with Crippen molar-refractivity contribution in [2.24, 2.45) is 0 Å². The molecule has 1 N–H and O–H groups in total. The molecule has 0 atom stereocenters. The van der Waals surface area contributed by atoms with Gasteiger partial charge in [0.15, 0.2) is 0 Å². The summed E-state index contributed by atoms with van der Waals surface area (Å²) in [7, 11) is 0. The number of hydrogen-bond acceptors (Lipinski definition) is 3. The summed E-state index contributed by atoms with van der Waals surface area (Å²) in [5.74, 6) is 0.238. The lowest BCUT2D eigenvalue weighted by Crippen LogP contribution is -2.36. The van der Waals surface area contributed by atoms with Gasteiger partial charge in [-0.1, -0.05) is 24.3 Å². The molecule has 0 unspecified atom stereocenters. The number of rotatable bonds is 5. The summed E-state index contributed by atoms with van der Waals surface area (Å²) in [5.41, 5.74) is 5.07.